The third-order valence-corrected chi connectivity index (χ3v) is 4.18. The van der Waals surface area contributed by atoms with Crippen molar-refractivity contribution in [2.75, 3.05) is 17.3 Å². The van der Waals surface area contributed by atoms with Crippen molar-refractivity contribution < 1.29 is 4.79 Å². The van der Waals surface area contributed by atoms with E-state index in [0.717, 1.165) is 11.4 Å². The number of rotatable bonds is 0. The quantitative estimate of drug-likeness (QED) is 0.608. The van der Waals surface area contributed by atoms with Crippen molar-refractivity contribution in [2.45, 2.75) is 31.6 Å². The summed E-state index contributed by atoms with van der Waals surface area (Å²) in [6.07, 6.45) is 0.0319. The zero-order valence-corrected chi connectivity index (χ0v) is 10.9. The van der Waals surface area contributed by atoms with Gasteiger partial charge in [-0.05, 0) is 19.1 Å². The molecule has 4 rings (SSSR count). The first-order chi connectivity index (χ1) is 9.16. The number of fused-ring (bicyclic) bond motifs is 5. The molecule has 3 heterocycles. The van der Waals surface area contributed by atoms with E-state index in [4.69, 9.17) is 0 Å². The second kappa shape index (κ2) is 3.61. The molecule has 1 amide bonds. The summed E-state index contributed by atoms with van der Waals surface area (Å²) >= 11 is 0. The van der Waals surface area contributed by atoms with Crippen molar-refractivity contribution in [2.24, 2.45) is 0 Å². The van der Waals surface area contributed by atoms with Gasteiger partial charge in [-0.2, -0.15) is 0 Å². The van der Waals surface area contributed by atoms with Gasteiger partial charge in [0.05, 0.1) is 17.5 Å². The van der Waals surface area contributed by atoms with E-state index in [1.54, 1.807) is 4.90 Å². The van der Waals surface area contributed by atoms with Gasteiger partial charge in [0.15, 0.2) is 6.29 Å². The Morgan fingerprint density at radius 3 is 2.84 bits per heavy atom. The minimum atomic E-state index is -0.191. The monoisotopic (exact) mass is 259 g/mol. The summed E-state index contributed by atoms with van der Waals surface area (Å²) in [7, 11) is 1.85. The summed E-state index contributed by atoms with van der Waals surface area (Å²) in [5.41, 5.74) is 2.22. The highest BCUT2D eigenvalue weighted by atomic mass is 16.2. The molecule has 2 fully saturated rings. The van der Waals surface area contributed by atoms with Crippen LogP contribution in [0.15, 0.2) is 24.3 Å². The highest BCUT2D eigenvalue weighted by Crippen LogP contribution is 2.39. The first-order valence-electron chi connectivity index (χ1n) is 6.59. The number of hydrogen-bond acceptors (Lipinski definition) is 5. The average molecular weight is 259 g/mol. The molecule has 19 heavy (non-hydrogen) atoms. The van der Waals surface area contributed by atoms with E-state index >= 15 is 0 Å². The van der Waals surface area contributed by atoms with Crippen molar-refractivity contribution in [1.29, 1.82) is 0 Å². The topological polar surface area (TPSA) is 59.6 Å². The molecule has 100 valence electrons. The van der Waals surface area contributed by atoms with E-state index in [9.17, 15) is 4.79 Å². The van der Waals surface area contributed by atoms with Gasteiger partial charge in [-0.15, -0.1) is 0 Å². The maximum Gasteiger partial charge on any atom is 0.246 e. The van der Waals surface area contributed by atoms with Gasteiger partial charge in [-0.25, -0.2) is 0 Å². The Kier molecular flexibility index (Phi) is 2.11. The molecule has 2 saturated heterocycles. The molecule has 6 heteroatoms. The Labute approximate surface area is 111 Å². The van der Waals surface area contributed by atoms with Crippen LogP contribution in [0.5, 0.6) is 0 Å². The van der Waals surface area contributed by atoms with Crippen LogP contribution in [-0.4, -0.2) is 42.5 Å². The number of nitrogens with one attached hydrogen (secondary N) is 3. The van der Waals surface area contributed by atoms with Crippen molar-refractivity contribution >= 4 is 17.3 Å². The summed E-state index contributed by atoms with van der Waals surface area (Å²) in [5, 5.41) is 10.2. The van der Waals surface area contributed by atoms with E-state index in [-0.39, 0.29) is 30.6 Å². The number of nitrogens with zero attached hydrogens (tertiary/aromatic N) is 2. The first-order valence-corrected chi connectivity index (χ1v) is 6.59. The summed E-state index contributed by atoms with van der Waals surface area (Å²) < 4.78 is 0. The Balaban J connectivity index is 1.81. The maximum absolute atomic E-state index is 12.4. The third kappa shape index (κ3) is 1.35. The molecule has 3 N–H and O–H groups in total. The van der Waals surface area contributed by atoms with E-state index in [1.165, 1.54) is 0 Å². The largest absolute Gasteiger partial charge is 0.346 e. The van der Waals surface area contributed by atoms with Gasteiger partial charge in [0.1, 0.15) is 12.2 Å². The molecule has 3 aliphatic heterocycles. The second-order valence-electron chi connectivity index (χ2n) is 5.37. The molecule has 0 radical (unpaired) electrons. The number of benzene rings is 1. The fourth-order valence-electron chi connectivity index (χ4n) is 3.29. The Hall–Kier alpha value is -1.79. The van der Waals surface area contributed by atoms with Crippen LogP contribution in [0.2, 0.25) is 0 Å². The number of amides is 1. The molecule has 1 aromatic rings. The Bertz CT molecular complexity index is 548. The normalized spacial score (nSPS) is 35.8. The van der Waals surface area contributed by atoms with Crippen molar-refractivity contribution in [3.05, 3.63) is 24.3 Å². The number of anilines is 2. The predicted octanol–water partition coefficient (Wildman–Crippen LogP) is -0.0924. The highest BCUT2D eigenvalue weighted by molar-refractivity contribution is 5.89. The number of carbonyl (C=O) groups excluding carboxylic acids is 1. The third-order valence-electron chi connectivity index (χ3n) is 4.18. The fraction of sp³-hybridized carbons (Fsp3) is 0.462. The van der Waals surface area contributed by atoms with Crippen LogP contribution in [-0.2, 0) is 4.79 Å². The second-order valence-corrected chi connectivity index (χ2v) is 5.37. The van der Waals surface area contributed by atoms with E-state index in [2.05, 4.69) is 26.9 Å². The zero-order valence-electron chi connectivity index (χ0n) is 10.9. The van der Waals surface area contributed by atoms with E-state index in [1.807, 2.05) is 32.2 Å². The van der Waals surface area contributed by atoms with Gasteiger partial charge in [-0.3, -0.25) is 15.4 Å². The van der Waals surface area contributed by atoms with Crippen LogP contribution in [0, 0.1) is 0 Å². The molecule has 1 aromatic carbocycles. The maximum atomic E-state index is 12.4. The number of likely N-dealkylation sites (N-methyl/N-ethyl adjacent to an activating group) is 1. The molecular weight excluding hydrogens is 242 g/mol. The average Bonchev–Trinajstić information content (AvgIpc) is 2.96. The molecule has 6 nitrogen and oxygen atoms in total. The Morgan fingerprint density at radius 1 is 1.21 bits per heavy atom. The van der Waals surface area contributed by atoms with Gasteiger partial charge in [0.2, 0.25) is 5.91 Å². The Morgan fingerprint density at radius 2 is 2.00 bits per heavy atom. The van der Waals surface area contributed by atoms with Gasteiger partial charge in [-0.1, -0.05) is 12.1 Å². The minimum absolute atomic E-state index is 0.000139. The van der Waals surface area contributed by atoms with Crippen LogP contribution in [0.4, 0.5) is 11.4 Å². The van der Waals surface area contributed by atoms with Crippen LogP contribution >= 0.6 is 0 Å². The predicted molar refractivity (Wildman–Crippen MR) is 72.4 cm³/mol. The van der Waals surface area contributed by atoms with Crippen LogP contribution in [0.3, 0.4) is 0 Å². The van der Waals surface area contributed by atoms with Gasteiger partial charge in [0, 0.05) is 7.05 Å². The SMILES string of the molecule is CC1NC2C(=O)N(C)C3Nc4ccccc4N3C2N1. The standard InChI is InChI=1S/C13H17N5O/c1-7-14-10-11(15-7)18-9-6-4-3-5-8(9)16-13(18)17(2)12(10)19/h3-7,10-11,13-16H,1-2H3. The van der Waals surface area contributed by atoms with Crippen LogP contribution in [0.1, 0.15) is 6.92 Å². The molecule has 0 aromatic heterocycles. The lowest BCUT2D eigenvalue weighted by atomic mass is 10.1. The van der Waals surface area contributed by atoms with Gasteiger partial charge < -0.3 is 15.1 Å². The van der Waals surface area contributed by atoms with Crippen molar-refractivity contribution in [3.8, 4) is 0 Å². The lowest BCUT2D eigenvalue weighted by molar-refractivity contribution is -0.136. The van der Waals surface area contributed by atoms with Crippen molar-refractivity contribution in [3.63, 3.8) is 0 Å². The summed E-state index contributed by atoms with van der Waals surface area (Å²) in [4.78, 5) is 16.4. The summed E-state index contributed by atoms with van der Waals surface area (Å²) in [6.45, 7) is 2.04. The summed E-state index contributed by atoms with van der Waals surface area (Å²) in [5.74, 6) is 0.128. The fourth-order valence-corrected chi connectivity index (χ4v) is 3.29. The lowest BCUT2D eigenvalue weighted by Gasteiger charge is -2.44. The highest BCUT2D eigenvalue weighted by Gasteiger charge is 2.52. The van der Waals surface area contributed by atoms with E-state index in [0.29, 0.717) is 0 Å². The van der Waals surface area contributed by atoms with Crippen LogP contribution in [0.25, 0.3) is 0 Å². The molecule has 3 aliphatic rings. The van der Waals surface area contributed by atoms with E-state index < -0.39 is 0 Å². The van der Waals surface area contributed by atoms with Gasteiger partial charge in [0.25, 0.3) is 0 Å². The number of para-hydroxylation sites is 2. The summed E-state index contributed by atoms with van der Waals surface area (Å²) in [6, 6.07) is 7.98. The lowest BCUT2D eigenvalue weighted by Crippen LogP contribution is -2.69. The zero-order chi connectivity index (χ0) is 13.1. The molecular formula is C13H17N5O. The molecule has 0 bridgehead atoms. The molecule has 4 unspecified atom stereocenters. The molecule has 0 saturated carbocycles. The van der Waals surface area contributed by atoms with Crippen molar-refractivity contribution in [1.82, 2.24) is 15.5 Å². The van der Waals surface area contributed by atoms with Crippen LogP contribution < -0.4 is 20.9 Å². The first kappa shape index (κ1) is 11.1. The minimum Gasteiger partial charge on any atom is -0.346 e. The number of carbonyl (C=O) groups is 1. The molecule has 0 spiro atoms. The molecule has 4 atom stereocenters. The smallest absolute Gasteiger partial charge is 0.246 e. The van der Waals surface area contributed by atoms with Gasteiger partial charge >= 0.3 is 0 Å². The molecule has 0 aliphatic carbocycles. The number of hydrogen-bond donors (Lipinski definition) is 3.